The SMILES string of the molecule is COC(=O)C(c1ccccc1)(c1cn(C)c2ccc(OC)cc12)C(Nc1ccccc1)c1ccccc1. The Morgan fingerprint density at radius 2 is 1.46 bits per heavy atom. The van der Waals surface area contributed by atoms with Crippen LogP contribution in [-0.2, 0) is 22.0 Å². The van der Waals surface area contributed by atoms with Crippen molar-refractivity contribution in [2.24, 2.45) is 7.05 Å². The fourth-order valence-corrected chi connectivity index (χ4v) is 5.29. The van der Waals surface area contributed by atoms with Crippen molar-refractivity contribution in [3.63, 3.8) is 0 Å². The summed E-state index contributed by atoms with van der Waals surface area (Å²) in [7, 11) is 5.10. The molecule has 0 aliphatic rings. The van der Waals surface area contributed by atoms with Crippen molar-refractivity contribution in [2.75, 3.05) is 19.5 Å². The fourth-order valence-electron chi connectivity index (χ4n) is 5.29. The van der Waals surface area contributed by atoms with Crippen molar-refractivity contribution in [1.29, 1.82) is 0 Å². The molecule has 2 atom stereocenters. The van der Waals surface area contributed by atoms with Gasteiger partial charge in [-0.1, -0.05) is 78.9 Å². The van der Waals surface area contributed by atoms with E-state index in [0.717, 1.165) is 39.0 Å². The molecular weight excluding hydrogens is 460 g/mol. The number of nitrogens with one attached hydrogen (secondary N) is 1. The number of anilines is 1. The zero-order valence-electron chi connectivity index (χ0n) is 21.2. The van der Waals surface area contributed by atoms with Crippen molar-refractivity contribution < 1.29 is 14.3 Å². The number of para-hydroxylation sites is 1. The Bertz CT molecular complexity index is 1500. The quantitative estimate of drug-likeness (QED) is 0.252. The van der Waals surface area contributed by atoms with E-state index in [2.05, 4.69) is 9.88 Å². The number of hydrogen-bond acceptors (Lipinski definition) is 4. The number of aromatic nitrogens is 1. The molecule has 1 heterocycles. The number of fused-ring (bicyclic) bond motifs is 1. The van der Waals surface area contributed by atoms with E-state index in [9.17, 15) is 4.79 Å². The summed E-state index contributed by atoms with van der Waals surface area (Å²) in [6.07, 6.45) is 2.04. The third kappa shape index (κ3) is 4.23. The predicted molar refractivity (Wildman–Crippen MR) is 148 cm³/mol. The molecule has 5 heteroatoms. The largest absolute Gasteiger partial charge is 0.497 e. The van der Waals surface area contributed by atoms with Crippen LogP contribution in [0.5, 0.6) is 5.75 Å². The molecule has 37 heavy (non-hydrogen) atoms. The first-order chi connectivity index (χ1) is 18.1. The Labute approximate surface area is 217 Å². The lowest BCUT2D eigenvalue weighted by molar-refractivity contribution is -0.146. The second-order valence-corrected chi connectivity index (χ2v) is 9.06. The summed E-state index contributed by atoms with van der Waals surface area (Å²) in [6, 6.07) is 35.4. The molecule has 0 radical (unpaired) electrons. The Morgan fingerprint density at radius 3 is 2.08 bits per heavy atom. The van der Waals surface area contributed by atoms with Crippen molar-refractivity contribution in [3.05, 3.63) is 132 Å². The summed E-state index contributed by atoms with van der Waals surface area (Å²) in [5.74, 6) is 0.366. The second-order valence-electron chi connectivity index (χ2n) is 9.06. The molecule has 5 rings (SSSR count). The van der Waals surface area contributed by atoms with Crippen LogP contribution in [-0.4, -0.2) is 24.8 Å². The van der Waals surface area contributed by atoms with Crippen molar-refractivity contribution in [3.8, 4) is 5.75 Å². The summed E-state index contributed by atoms with van der Waals surface area (Å²) in [4.78, 5) is 14.3. The van der Waals surface area contributed by atoms with Gasteiger partial charge in [0.2, 0.25) is 0 Å². The molecule has 5 nitrogen and oxygen atoms in total. The molecule has 1 aromatic heterocycles. The van der Waals surface area contributed by atoms with Crippen LogP contribution < -0.4 is 10.1 Å². The van der Waals surface area contributed by atoms with Crippen LogP contribution in [0.1, 0.15) is 22.7 Å². The minimum atomic E-state index is -1.24. The molecule has 0 bridgehead atoms. The highest BCUT2D eigenvalue weighted by molar-refractivity contribution is 5.98. The van der Waals surface area contributed by atoms with E-state index in [-0.39, 0.29) is 5.97 Å². The Kier molecular flexibility index (Phi) is 6.69. The normalized spacial score (nSPS) is 13.5. The number of aryl methyl sites for hydroxylation is 1. The fraction of sp³-hybridized carbons (Fsp3) is 0.156. The van der Waals surface area contributed by atoms with E-state index in [1.54, 1.807) is 7.11 Å². The maximum atomic E-state index is 14.3. The molecule has 186 valence electrons. The smallest absolute Gasteiger partial charge is 0.323 e. The van der Waals surface area contributed by atoms with Gasteiger partial charge in [-0.05, 0) is 41.5 Å². The van der Waals surface area contributed by atoms with Gasteiger partial charge in [-0.25, -0.2) is 0 Å². The lowest BCUT2D eigenvalue weighted by Crippen LogP contribution is -2.46. The van der Waals surface area contributed by atoms with E-state index in [1.807, 2.05) is 122 Å². The van der Waals surface area contributed by atoms with Gasteiger partial charge < -0.3 is 19.4 Å². The minimum Gasteiger partial charge on any atom is -0.497 e. The standard InChI is InChI=1S/C32H30N2O3/c1-34-22-28(27-21-26(36-2)19-20-29(27)34)32(31(35)37-3,24-15-9-5-10-16-24)30(23-13-7-4-8-14-23)33-25-17-11-6-12-18-25/h4-22,30,33H,1-3H3. The van der Waals surface area contributed by atoms with Crippen LogP contribution in [0.4, 0.5) is 5.69 Å². The summed E-state index contributed by atoms with van der Waals surface area (Å²) in [6.45, 7) is 0. The van der Waals surface area contributed by atoms with Crippen LogP contribution in [0.3, 0.4) is 0 Å². The summed E-state index contributed by atoms with van der Waals surface area (Å²) in [5.41, 5.74) is 3.28. The summed E-state index contributed by atoms with van der Waals surface area (Å²) >= 11 is 0. The van der Waals surface area contributed by atoms with Gasteiger partial charge in [-0.2, -0.15) is 0 Å². The van der Waals surface area contributed by atoms with Gasteiger partial charge in [0.05, 0.1) is 20.3 Å². The molecule has 2 unspecified atom stereocenters. The van der Waals surface area contributed by atoms with Gasteiger partial charge in [0.25, 0.3) is 0 Å². The second kappa shape index (κ2) is 10.2. The van der Waals surface area contributed by atoms with E-state index in [4.69, 9.17) is 9.47 Å². The number of hydrogen-bond donors (Lipinski definition) is 1. The molecular formula is C32H30N2O3. The number of ether oxygens (including phenoxy) is 2. The first kappa shape index (κ1) is 24.2. The Morgan fingerprint density at radius 1 is 0.838 bits per heavy atom. The zero-order valence-corrected chi connectivity index (χ0v) is 21.2. The number of esters is 1. The maximum Gasteiger partial charge on any atom is 0.323 e. The third-order valence-corrected chi connectivity index (χ3v) is 7.01. The van der Waals surface area contributed by atoms with Gasteiger partial charge >= 0.3 is 5.97 Å². The molecule has 5 aromatic rings. The molecule has 0 saturated heterocycles. The number of carbonyl (C=O) groups is 1. The highest BCUT2D eigenvalue weighted by atomic mass is 16.5. The van der Waals surface area contributed by atoms with E-state index >= 15 is 0 Å². The average molecular weight is 491 g/mol. The van der Waals surface area contributed by atoms with Gasteiger partial charge in [0.1, 0.15) is 11.2 Å². The van der Waals surface area contributed by atoms with Crippen molar-refractivity contribution in [2.45, 2.75) is 11.5 Å². The molecule has 4 aromatic carbocycles. The first-order valence-electron chi connectivity index (χ1n) is 12.2. The number of carbonyl (C=O) groups excluding carboxylic acids is 1. The monoisotopic (exact) mass is 490 g/mol. The first-order valence-corrected chi connectivity index (χ1v) is 12.2. The third-order valence-electron chi connectivity index (χ3n) is 7.01. The molecule has 0 aliphatic heterocycles. The zero-order chi connectivity index (χ0) is 25.8. The Hall–Kier alpha value is -4.51. The summed E-state index contributed by atoms with van der Waals surface area (Å²) in [5, 5.41) is 4.63. The van der Waals surface area contributed by atoms with Crippen LogP contribution in [0.2, 0.25) is 0 Å². The molecule has 0 saturated carbocycles. The van der Waals surface area contributed by atoms with E-state index in [0.29, 0.717) is 0 Å². The van der Waals surface area contributed by atoms with Gasteiger partial charge in [-0.15, -0.1) is 0 Å². The lowest BCUT2D eigenvalue weighted by Gasteiger charge is -2.40. The molecule has 0 aliphatic carbocycles. The average Bonchev–Trinajstić information content (AvgIpc) is 3.29. The van der Waals surface area contributed by atoms with E-state index in [1.165, 1.54) is 7.11 Å². The van der Waals surface area contributed by atoms with Crippen LogP contribution in [0.25, 0.3) is 10.9 Å². The van der Waals surface area contributed by atoms with Crippen LogP contribution >= 0.6 is 0 Å². The predicted octanol–water partition coefficient (Wildman–Crippen LogP) is 6.50. The molecule has 0 spiro atoms. The van der Waals surface area contributed by atoms with Crippen LogP contribution in [0.15, 0.2) is 115 Å². The van der Waals surface area contributed by atoms with E-state index < -0.39 is 11.5 Å². The Balaban J connectivity index is 1.91. The van der Waals surface area contributed by atoms with Crippen LogP contribution in [0, 0.1) is 0 Å². The summed E-state index contributed by atoms with van der Waals surface area (Å²) < 4.78 is 13.3. The molecule has 0 fully saturated rings. The highest BCUT2D eigenvalue weighted by Gasteiger charge is 2.52. The minimum absolute atomic E-state index is 0.355. The maximum absolute atomic E-state index is 14.3. The molecule has 1 N–H and O–H groups in total. The number of rotatable bonds is 8. The number of nitrogens with zero attached hydrogens (tertiary/aromatic N) is 1. The van der Waals surface area contributed by atoms with Gasteiger partial charge in [-0.3, -0.25) is 4.79 Å². The highest BCUT2D eigenvalue weighted by Crippen LogP contribution is 2.49. The van der Waals surface area contributed by atoms with Gasteiger partial charge in [0.15, 0.2) is 0 Å². The topological polar surface area (TPSA) is 52.5 Å². The number of benzene rings is 4. The van der Waals surface area contributed by atoms with Gasteiger partial charge in [0, 0.05) is 35.4 Å². The van der Waals surface area contributed by atoms with Crippen molar-refractivity contribution >= 4 is 22.6 Å². The lowest BCUT2D eigenvalue weighted by atomic mass is 9.66. The van der Waals surface area contributed by atoms with Crippen molar-refractivity contribution in [1.82, 2.24) is 4.57 Å². The number of methoxy groups -OCH3 is 2. The molecule has 0 amide bonds.